The maximum Gasteiger partial charge on any atom is 0.0345 e. The predicted octanol–water partition coefficient (Wildman–Crippen LogP) is 4.72. The highest BCUT2D eigenvalue weighted by Gasteiger charge is 2.15. The third kappa shape index (κ3) is 3.80. The van der Waals surface area contributed by atoms with E-state index in [1.165, 1.54) is 28.5 Å². The van der Waals surface area contributed by atoms with Crippen LogP contribution in [0.5, 0.6) is 0 Å². The molecule has 2 rings (SSSR count). The molecule has 1 unspecified atom stereocenters. The lowest BCUT2D eigenvalue weighted by atomic mass is 9.89. The summed E-state index contributed by atoms with van der Waals surface area (Å²) in [7, 11) is 0. The van der Waals surface area contributed by atoms with Gasteiger partial charge < -0.3 is 5.32 Å². The molecule has 1 aromatic heterocycles. The highest BCUT2D eigenvalue weighted by molar-refractivity contribution is 7.17. The Balaban J connectivity index is 2.08. The average molecular weight is 275 g/mol. The topological polar surface area (TPSA) is 12.0 Å². The fourth-order valence-electron chi connectivity index (χ4n) is 2.48. The second-order valence-electron chi connectivity index (χ2n) is 5.67. The van der Waals surface area contributed by atoms with E-state index in [2.05, 4.69) is 55.7 Å². The second kappa shape index (κ2) is 7.06. The number of hydrogen-bond donors (Lipinski definition) is 1. The molecule has 0 radical (unpaired) electrons. The van der Waals surface area contributed by atoms with E-state index in [0.717, 1.165) is 24.9 Å². The standard InChI is InChI=1S/C17H25NS/c1-4-9-18-11-14(13(2)3)10-15-12-19-17-8-6-5-7-16(15)17/h5-8,12-14,18H,4,9-11H2,1-3H3. The van der Waals surface area contributed by atoms with Crippen LogP contribution >= 0.6 is 11.3 Å². The molecule has 0 saturated carbocycles. The van der Waals surface area contributed by atoms with E-state index in [4.69, 9.17) is 0 Å². The number of rotatable bonds is 7. The molecule has 0 aliphatic carbocycles. The Labute approximate surface area is 121 Å². The summed E-state index contributed by atoms with van der Waals surface area (Å²) in [6.45, 7) is 9.17. The Kier molecular flexibility index (Phi) is 5.41. The summed E-state index contributed by atoms with van der Waals surface area (Å²) in [6, 6.07) is 8.77. The lowest BCUT2D eigenvalue weighted by Gasteiger charge is -2.21. The Bertz CT molecular complexity index is 501. The van der Waals surface area contributed by atoms with Crippen LogP contribution in [-0.2, 0) is 6.42 Å². The summed E-state index contributed by atoms with van der Waals surface area (Å²) in [5.41, 5.74) is 1.53. The maximum absolute atomic E-state index is 3.58. The van der Waals surface area contributed by atoms with Crippen molar-refractivity contribution in [3.05, 3.63) is 35.2 Å². The molecule has 19 heavy (non-hydrogen) atoms. The third-order valence-corrected chi connectivity index (χ3v) is 4.83. The number of nitrogens with one attached hydrogen (secondary N) is 1. The van der Waals surface area contributed by atoms with E-state index in [9.17, 15) is 0 Å². The highest BCUT2D eigenvalue weighted by Crippen LogP contribution is 2.29. The van der Waals surface area contributed by atoms with Crippen LogP contribution in [0.3, 0.4) is 0 Å². The fourth-order valence-corrected chi connectivity index (χ4v) is 3.46. The molecular weight excluding hydrogens is 250 g/mol. The maximum atomic E-state index is 3.58. The summed E-state index contributed by atoms with van der Waals surface area (Å²) in [5.74, 6) is 1.45. The monoisotopic (exact) mass is 275 g/mol. The molecule has 0 bridgehead atoms. The van der Waals surface area contributed by atoms with Crippen molar-refractivity contribution in [1.82, 2.24) is 5.32 Å². The smallest absolute Gasteiger partial charge is 0.0345 e. The first-order chi connectivity index (χ1) is 9.22. The molecular formula is C17H25NS. The molecule has 1 atom stereocenters. The average Bonchev–Trinajstić information content (AvgIpc) is 2.81. The molecule has 104 valence electrons. The summed E-state index contributed by atoms with van der Waals surface area (Å²) in [5, 5.41) is 7.38. The van der Waals surface area contributed by atoms with Crippen molar-refractivity contribution < 1.29 is 0 Å². The highest BCUT2D eigenvalue weighted by atomic mass is 32.1. The van der Waals surface area contributed by atoms with Gasteiger partial charge in [0.05, 0.1) is 0 Å². The molecule has 1 heterocycles. The van der Waals surface area contributed by atoms with Gasteiger partial charge in [0.25, 0.3) is 0 Å². The SMILES string of the molecule is CCCNCC(Cc1csc2ccccc12)C(C)C. The van der Waals surface area contributed by atoms with Crippen LogP contribution in [0.25, 0.3) is 10.1 Å². The summed E-state index contributed by atoms with van der Waals surface area (Å²) >= 11 is 1.88. The van der Waals surface area contributed by atoms with Crippen LogP contribution < -0.4 is 5.32 Å². The molecule has 1 N–H and O–H groups in total. The van der Waals surface area contributed by atoms with Crippen LogP contribution in [0.2, 0.25) is 0 Å². The van der Waals surface area contributed by atoms with Crippen LogP contribution in [0.1, 0.15) is 32.8 Å². The number of fused-ring (bicyclic) bond motifs is 1. The van der Waals surface area contributed by atoms with Crippen LogP contribution in [-0.4, -0.2) is 13.1 Å². The van der Waals surface area contributed by atoms with Gasteiger partial charge in [-0.2, -0.15) is 0 Å². The van der Waals surface area contributed by atoms with Gasteiger partial charge in [0.15, 0.2) is 0 Å². The van der Waals surface area contributed by atoms with Crippen molar-refractivity contribution in [3.8, 4) is 0 Å². The summed E-state index contributed by atoms with van der Waals surface area (Å²) < 4.78 is 1.42. The second-order valence-corrected chi connectivity index (χ2v) is 6.58. The minimum absolute atomic E-state index is 0.725. The lowest BCUT2D eigenvalue weighted by molar-refractivity contribution is 0.362. The predicted molar refractivity (Wildman–Crippen MR) is 87.0 cm³/mol. The van der Waals surface area contributed by atoms with Crippen molar-refractivity contribution in [2.24, 2.45) is 11.8 Å². The Morgan fingerprint density at radius 2 is 2.00 bits per heavy atom. The minimum atomic E-state index is 0.725. The van der Waals surface area contributed by atoms with Crippen LogP contribution in [0.15, 0.2) is 29.6 Å². The Hall–Kier alpha value is -0.860. The third-order valence-electron chi connectivity index (χ3n) is 3.82. The van der Waals surface area contributed by atoms with Gasteiger partial charge in [-0.15, -0.1) is 11.3 Å². The largest absolute Gasteiger partial charge is 0.316 e. The van der Waals surface area contributed by atoms with E-state index < -0.39 is 0 Å². The molecule has 1 aromatic carbocycles. The van der Waals surface area contributed by atoms with Gasteiger partial charge in [-0.1, -0.05) is 39.0 Å². The van der Waals surface area contributed by atoms with Crippen LogP contribution in [0.4, 0.5) is 0 Å². The summed E-state index contributed by atoms with van der Waals surface area (Å²) in [6.07, 6.45) is 2.41. The van der Waals surface area contributed by atoms with Gasteiger partial charge >= 0.3 is 0 Å². The Morgan fingerprint density at radius 3 is 2.74 bits per heavy atom. The van der Waals surface area contributed by atoms with E-state index >= 15 is 0 Å². The van der Waals surface area contributed by atoms with Crippen LogP contribution in [0, 0.1) is 11.8 Å². The molecule has 0 aliphatic rings. The van der Waals surface area contributed by atoms with E-state index in [1.54, 1.807) is 0 Å². The van der Waals surface area contributed by atoms with Crippen molar-refractivity contribution in [2.45, 2.75) is 33.6 Å². The summed E-state index contributed by atoms with van der Waals surface area (Å²) in [4.78, 5) is 0. The lowest BCUT2D eigenvalue weighted by Crippen LogP contribution is -2.28. The van der Waals surface area contributed by atoms with E-state index in [0.29, 0.717) is 0 Å². The molecule has 0 spiro atoms. The quantitative estimate of drug-likeness (QED) is 0.721. The first kappa shape index (κ1) is 14.5. The number of benzene rings is 1. The molecule has 2 heteroatoms. The molecule has 0 aliphatic heterocycles. The van der Waals surface area contributed by atoms with Gasteiger partial charge in [-0.25, -0.2) is 0 Å². The zero-order valence-electron chi connectivity index (χ0n) is 12.3. The fraction of sp³-hybridized carbons (Fsp3) is 0.529. The molecule has 1 nitrogen and oxygen atoms in total. The van der Waals surface area contributed by atoms with Crippen molar-refractivity contribution in [2.75, 3.05) is 13.1 Å². The first-order valence-corrected chi connectivity index (χ1v) is 8.26. The minimum Gasteiger partial charge on any atom is -0.316 e. The number of hydrogen-bond acceptors (Lipinski definition) is 2. The van der Waals surface area contributed by atoms with E-state index in [1.807, 2.05) is 11.3 Å². The van der Waals surface area contributed by atoms with Gasteiger partial charge in [-0.3, -0.25) is 0 Å². The van der Waals surface area contributed by atoms with Gasteiger partial charge in [0.1, 0.15) is 0 Å². The van der Waals surface area contributed by atoms with E-state index in [-0.39, 0.29) is 0 Å². The number of thiophene rings is 1. The van der Waals surface area contributed by atoms with Crippen molar-refractivity contribution >= 4 is 21.4 Å². The van der Waals surface area contributed by atoms with Gasteiger partial charge in [0, 0.05) is 4.70 Å². The molecule has 0 saturated heterocycles. The zero-order chi connectivity index (χ0) is 13.7. The molecule has 2 aromatic rings. The van der Waals surface area contributed by atoms with Gasteiger partial charge in [-0.05, 0) is 60.2 Å². The van der Waals surface area contributed by atoms with Gasteiger partial charge in [0.2, 0.25) is 0 Å². The first-order valence-electron chi connectivity index (χ1n) is 7.38. The zero-order valence-corrected chi connectivity index (χ0v) is 13.1. The normalized spacial score (nSPS) is 13.3. The molecule has 0 fully saturated rings. The molecule has 0 amide bonds. The van der Waals surface area contributed by atoms with Crippen molar-refractivity contribution in [3.63, 3.8) is 0 Å². The Morgan fingerprint density at radius 1 is 1.21 bits per heavy atom. The van der Waals surface area contributed by atoms with Crippen molar-refractivity contribution in [1.29, 1.82) is 0 Å².